The first-order valence-electron chi connectivity index (χ1n) is 10.9. The normalized spacial score (nSPS) is 14.5. The molecule has 0 aliphatic carbocycles. The monoisotopic (exact) mass is 436 g/mol. The third-order valence-electron chi connectivity index (χ3n) is 5.52. The van der Waals surface area contributed by atoms with Crippen molar-refractivity contribution in [2.75, 3.05) is 5.32 Å². The second-order valence-corrected chi connectivity index (χ2v) is 7.85. The van der Waals surface area contributed by atoms with Gasteiger partial charge in [0.05, 0.1) is 5.56 Å². The molecule has 5 rings (SSSR count). The smallest absolute Gasteiger partial charge is 0.255 e. The predicted molar refractivity (Wildman–Crippen MR) is 128 cm³/mol. The van der Waals surface area contributed by atoms with Crippen molar-refractivity contribution in [1.29, 1.82) is 0 Å². The number of amides is 1. The van der Waals surface area contributed by atoms with Crippen molar-refractivity contribution < 1.29 is 14.3 Å². The molecule has 5 nitrogen and oxygen atoms in total. The van der Waals surface area contributed by atoms with Crippen molar-refractivity contribution in [2.45, 2.75) is 19.4 Å². The molecule has 0 aromatic heterocycles. The number of nitrogens with one attached hydrogen (secondary N) is 2. The molecule has 5 heteroatoms. The van der Waals surface area contributed by atoms with Gasteiger partial charge in [-0.05, 0) is 41.0 Å². The highest BCUT2D eigenvalue weighted by Gasteiger charge is 2.25. The fourth-order valence-electron chi connectivity index (χ4n) is 3.78. The van der Waals surface area contributed by atoms with Crippen LogP contribution < -0.4 is 20.1 Å². The lowest BCUT2D eigenvalue weighted by atomic mass is 10.1. The van der Waals surface area contributed by atoms with E-state index in [1.54, 1.807) is 0 Å². The van der Waals surface area contributed by atoms with Crippen molar-refractivity contribution in [2.24, 2.45) is 0 Å². The average Bonchev–Trinajstić information content (AvgIpc) is 2.87. The van der Waals surface area contributed by atoms with Gasteiger partial charge in [0.2, 0.25) is 0 Å². The lowest BCUT2D eigenvalue weighted by Gasteiger charge is -2.28. The number of carbonyl (C=O) groups is 1. The molecule has 4 aromatic rings. The van der Waals surface area contributed by atoms with Crippen LogP contribution in [0.15, 0.2) is 103 Å². The molecular formula is C28H24N2O3. The van der Waals surface area contributed by atoms with Gasteiger partial charge in [0.1, 0.15) is 19.4 Å². The molecule has 2 N–H and O–H groups in total. The van der Waals surface area contributed by atoms with Gasteiger partial charge >= 0.3 is 0 Å². The first-order valence-corrected chi connectivity index (χ1v) is 10.9. The molecule has 1 aliphatic heterocycles. The van der Waals surface area contributed by atoms with Crippen LogP contribution in [-0.4, -0.2) is 5.91 Å². The maximum absolute atomic E-state index is 12.6. The molecule has 1 atom stereocenters. The Morgan fingerprint density at radius 1 is 0.636 bits per heavy atom. The van der Waals surface area contributed by atoms with Gasteiger partial charge in [-0.2, -0.15) is 0 Å². The lowest BCUT2D eigenvalue weighted by molar-refractivity contribution is 0.0935. The van der Waals surface area contributed by atoms with E-state index in [-0.39, 0.29) is 12.1 Å². The fraction of sp³-hybridized carbons (Fsp3) is 0.107. The number of anilines is 1. The van der Waals surface area contributed by atoms with Gasteiger partial charge in [-0.3, -0.25) is 4.79 Å². The standard InChI is InChI=1S/C28H24N2O3/c31-28-23-13-7-8-14-24(23)29-27(30-28)22-15-16-25(32-18-20-9-3-1-4-10-20)26(17-22)33-19-21-11-5-2-6-12-21/h1-17,27,29H,18-19H2,(H,30,31)/t27-/m1/s1. The Kier molecular flexibility index (Phi) is 5.93. The number of rotatable bonds is 7. The maximum Gasteiger partial charge on any atom is 0.255 e. The number of fused-ring (bicyclic) bond motifs is 1. The summed E-state index contributed by atoms with van der Waals surface area (Å²) < 4.78 is 12.3. The van der Waals surface area contributed by atoms with E-state index in [0.717, 1.165) is 22.4 Å². The molecule has 0 radical (unpaired) electrons. The van der Waals surface area contributed by atoms with Crippen molar-refractivity contribution >= 4 is 11.6 Å². The van der Waals surface area contributed by atoms with E-state index in [1.165, 1.54) is 0 Å². The average molecular weight is 437 g/mol. The molecule has 4 aromatic carbocycles. The van der Waals surface area contributed by atoms with Crippen LogP contribution >= 0.6 is 0 Å². The van der Waals surface area contributed by atoms with Crippen molar-refractivity contribution in [3.63, 3.8) is 0 Å². The van der Waals surface area contributed by atoms with E-state index in [2.05, 4.69) is 10.6 Å². The fourth-order valence-corrected chi connectivity index (χ4v) is 3.78. The number of para-hydroxylation sites is 1. The predicted octanol–water partition coefficient (Wildman–Crippen LogP) is 5.70. The number of ether oxygens (including phenoxy) is 2. The molecule has 0 fully saturated rings. The summed E-state index contributed by atoms with van der Waals surface area (Å²) in [6.07, 6.45) is -0.366. The number of carbonyl (C=O) groups excluding carboxylic acids is 1. The van der Waals surface area contributed by atoms with Gasteiger partial charge in [-0.1, -0.05) is 78.9 Å². The van der Waals surface area contributed by atoms with Gasteiger partial charge in [-0.15, -0.1) is 0 Å². The Bertz CT molecular complexity index is 1240. The lowest BCUT2D eigenvalue weighted by Crippen LogP contribution is -2.38. The van der Waals surface area contributed by atoms with E-state index in [9.17, 15) is 4.79 Å². The molecule has 1 amide bonds. The van der Waals surface area contributed by atoms with Gasteiger partial charge in [0, 0.05) is 5.69 Å². The summed E-state index contributed by atoms with van der Waals surface area (Å²) in [5.41, 5.74) is 4.47. The Morgan fingerprint density at radius 2 is 1.24 bits per heavy atom. The molecular weight excluding hydrogens is 412 g/mol. The van der Waals surface area contributed by atoms with Gasteiger partial charge in [0.25, 0.3) is 5.91 Å². The molecule has 0 spiro atoms. The minimum absolute atomic E-state index is 0.106. The second-order valence-electron chi connectivity index (χ2n) is 7.85. The van der Waals surface area contributed by atoms with E-state index >= 15 is 0 Å². The summed E-state index contributed by atoms with van der Waals surface area (Å²) in [5, 5.41) is 6.41. The van der Waals surface area contributed by atoms with Crippen molar-refractivity contribution in [1.82, 2.24) is 5.32 Å². The minimum Gasteiger partial charge on any atom is -0.485 e. The summed E-state index contributed by atoms with van der Waals surface area (Å²) in [4.78, 5) is 12.6. The van der Waals surface area contributed by atoms with Crippen LogP contribution in [0.2, 0.25) is 0 Å². The second kappa shape index (κ2) is 9.49. The molecule has 0 saturated carbocycles. The van der Waals surface area contributed by atoms with Gasteiger partial charge in [0.15, 0.2) is 11.5 Å². The maximum atomic E-state index is 12.6. The third kappa shape index (κ3) is 4.83. The molecule has 1 aliphatic rings. The Labute approximate surface area is 193 Å². The van der Waals surface area contributed by atoms with Crippen LogP contribution in [0.5, 0.6) is 11.5 Å². The van der Waals surface area contributed by atoms with E-state index in [0.29, 0.717) is 30.3 Å². The van der Waals surface area contributed by atoms with Crippen LogP contribution in [0.4, 0.5) is 5.69 Å². The molecule has 164 valence electrons. The Morgan fingerprint density at radius 3 is 1.94 bits per heavy atom. The van der Waals surface area contributed by atoms with Crippen LogP contribution in [0.3, 0.4) is 0 Å². The number of benzene rings is 4. The largest absolute Gasteiger partial charge is 0.485 e. The van der Waals surface area contributed by atoms with Crippen LogP contribution in [0.25, 0.3) is 0 Å². The van der Waals surface area contributed by atoms with E-state index in [4.69, 9.17) is 9.47 Å². The first-order chi connectivity index (χ1) is 16.3. The summed E-state index contributed by atoms with van der Waals surface area (Å²) in [5.74, 6) is 1.17. The number of hydrogen-bond donors (Lipinski definition) is 2. The molecule has 0 saturated heterocycles. The van der Waals surface area contributed by atoms with Crippen molar-refractivity contribution in [3.05, 3.63) is 125 Å². The van der Waals surface area contributed by atoms with E-state index < -0.39 is 0 Å². The van der Waals surface area contributed by atoms with Gasteiger partial charge in [-0.25, -0.2) is 0 Å². The third-order valence-corrected chi connectivity index (χ3v) is 5.52. The van der Waals surface area contributed by atoms with Crippen LogP contribution in [0, 0.1) is 0 Å². The van der Waals surface area contributed by atoms with Crippen molar-refractivity contribution in [3.8, 4) is 11.5 Å². The topological polar surface area (TPSA) is 59.6 Å². The zero-order chi connectivity index (χ0) is 22.5. The quantitative estimate of drug-likeness (QED) is 0.390. The highest BCUT2D eigenvalue weighted by molar-refractivity contribution is 6.01. The van der Waals surface area contributed by atoms with Crippen LogP contribution in [0.1, 0.15) is 33.2 Å². The molecule has 33 heavy (non-hydrogen) atoms. The Balaban J connectivity index is 1.40. The molecule has 0 bridgehead atoms. The summed E-state index contributed by atoms with van der Waals surface area (Å²) in [6, 6.07) is 33.3. The Hall–Kier alpha value is -4.25. The summed E-state index contributed by atoms with van der Waals surface area (Å²) in [7, 11) is 0. The van der Waals surface area contributed by atoms with Gasteiger partial charge < -0.3 is 20.1 Å². The zero-order valence-electron chi connectivity index (χ0n) is 18.0. The molecule has 1 heterocycles. The minimum atomic E-state index is -0.366. The van der Waals surface area contributed by atoms with Crippen LogP contribution in [-0.2, 0) is 13.2 Å². The first kappa shape index (κ1) is 20.6. The zero-order valence-corrected chi connectivity index (χ0v) is 18.0. The number of hydrogen-bond acceptors (Lipinski definition) is 4. The summed E-state index contributed by atoms with van der Waals surface area (Å²) >= 11 is 0. The SMILES string of the molecule is O=C1N[C@H](c2ccc(OCc3ccccc3)c(OCc3ccccc3)c2)Nc2ccccc21. The van der Waals surface area contributed by atoms with E-state index in [1.807, 2.05) is 103 Å². The molecule has 0 unspecified atom stereocenters. The summed E-state index contributed by atoms with van der Waals surface area (Å²) in [6.45, 7) is 0.854. The highest BCUT2D eigenvalue weighted by Crippen LogP contribution is 2.34. The highest BCUT2D eigenvalue weighted by atomic mass is 16.5.